The molecule has 0 saturated carbocycles. The largest absolute Gasteiger partial charge is 0.465 e. The van der Waals surface area contributed by atoms with E-state index in [0.29, 0.717) is 0 Å². The molecule has 2 atom stereocenters. The number of benzene rings is 3. The summed E-state index contributed by atoms with van der Waals surface area (Å²) in [6.07, 6.45) is 3.62. The van der Waals surface area contributed by atoms with E-state index in [1.807, 2.05) is 36.4 Å². The summed E-state index contributed by atoms with van der Waals surface area (Å²) in [5.41, 5.74) is 4.30. The Morgan fingerprint density at radius 1 is 0.710 bits per heavy atom. The molecule has 0 spiro atoms. The van der Waals surface area contributed by atoms with Gasteiger partial charge in [0.1, 0.15) is 11.5 Å². The number of thiol groups is 1. The Hall–Kier alpha value is -2.47. The van der Waals surface area contributed by atoms with Crippen LogP contribution in [0.15, 0.2) is 71.6 Å². The molecule has 0 bridgehead atoms. The van der Waals surface area contributed by atoms with E-state index < -0.39 is 0 Å². The van der Waals surface area contributed by atoms with Gasteiger partial charge in [-0.2, -0.15) is 0 Å². The third kappa shape index (κ3) is 4.74. The van der Waals surface area contributed by atoms with Gasteiger partial charge in [0.15, 0.2) is 12.6 Å². The van der Waals surface area contributed by atoms with Crippen LogP contribution in [0.5, 0.6) is 11.5 Å². The van der Waals surface area contributed by atoms with E-state index in [2.05, 4.69) is 30.3 Å². The zero-order chi connectivity index (χ0) is 21.0. The zero-order valence-corrected chi connectivity index (χ0v) is 18.2. The van der Waals surface area contributed by atoms with E-state index in [9.17, 15) is 0 Å². The first-order valence-electron chi connectivity index (χ1n) is 10.9. The van der Waals surface area contributed by atoms with Crippen molar-refractivity contribution in [1.29, 1.82) is 0 Å². The van der Waals surface area contributed by atoms with Gasteiger partial charge in [0.25, 0.3) is 0 Å². The lowest BCUT2D eigenvalue weighted by Crippen LogP contribution is -2.13. The minimum atomic E-state index is -0.160. The predicted molar refractivity (Wildman–Crippen MR) is 124 cm³/mol. The fraction of sp³-hybridized carbons (Fsp3) is 0.308. The summed E-state index contributed by atoms with van der Waals surface area (Å²) >= 11 is 4.78. The molecule has 5 rings (SSSR count). The molecular formula is C26H26O4S. The molecule has 3 aromatic rings. The quantitative estimate of drug-likeness (QED) is 0.459. The third-order valence-corrected chi connectivity index (χ3v) is 5.99. The van der Waals surface area contributed by atoms with E-state index in [1.54, 1.807) is 0 Å². The second kappa shape index (κ2) is 9.35. The van der Waals surface area contributed by atoms with Crippen LogP contribution in [0, 0.1) is 0 Å². The molecule has 0 amide bonds. The summed E-state index contributed by atoms with van der Waals surface area (Å²) in [4.78, 5) is 0.914. The molecule has 160 valence electrons. The Balaban J connectivity index is 1.47. The fourth-order valence-corrected chi connectivity index (χ4v) is 4.47. The summed E-state index contributed by atoms with van der Waals surface area (Å²) in [6.45, 7) is 1.53. The molecule has 0 radical (unpaired) electrons. The Bertz CT molecular complexity index is 1040. The molecule has 0 N–H and O–H groups in total. The highest BCUT2D eigenvalue weighted by molar-refractivity contribution is 7.80. The lowest BCUT2D eigenvalue weighted by molar-refractivity contribution is -0.0393. The number of hydrogen-bond donors (Lipinski definition) is 1. The molecule has 5 heteroatoms. The van der Waals surface area contributed by atoms with Gasteiger partial charge in [-0.05, 0) is 59.9 Å². The van der Waals surface area contributed by atoms with E-state index in [1.165, 1.54) is 0 Å². The van der Waals surface area contributed by atoms with Crippen molar-refractivity contribution >= 4 is 12.6 Å². The van der Waals surface area contributed by atoms with Gasteiger partial charge >= 0.3 is 0 Å². The normalized spacial score (nSPS) is 20.7. The molecule has 3 aromatic carbocycles. The van der Waals surface area contributed by atoms with Crippen LogP contribution >= 0.6 is 12.6 Å². The van der Waals surface area contributed by atoms with Crippen molar-refractivity contribution in [1.82, 2.24) is 0 Å². The van der Waals surface area contributed by atoms with Crippen LogP contribution in [0.25, 0.3) is 22.3 Å². The minimum Gasteiger partial charge on any atom is -0.465 e. The standard InChI is InChI=1S/C26H26O4S/c31-23-11-3-10-22(18-6-1-8-20(16-18)29-24-12-4-14-27-24)26(23)19-7-2-9-21(17-19)30-25-13-5-15-28-25/h1-3,6-11,16-17,24-25,31H,4-5,12-15H2. The Kier molecular flexibility index (Phi) is 6.16. The van der Waals surface area contributed by atoms with Crippen LogP contribution in [-0.2, 0) is 9.47 Å². The summed E-state index contributed by atoms with van der Waals surface area (Å²) in [6, 6.07) is 22.5. The van der Waals surface area contributed by atoms with Crippen LogP contribution in [0.2, 0.25) is 0 Å². The molecule has 2 unspecified atom stereocenters. The predicted octanol–water partition coefficient (Wildman–Crippen LogP) is 6.34. The van der Waals surface area contributed by atoms with Gasteiger partial charge in [-0.15, -0.1) is 12.6 Å². The Labute approximate surface area is 188 Å². The van der Waals surface area contributed by atoms with Gasteiger partial charge in [-0.25, -0.2) is 0 Å². The maximum absolute atomic E-state index is 6.04. The monoisotopic (exact) mass is 434 g/mol. The van der Waals surface area contributed by atoms with E-state index in [0.717, 1.165) is 77.5 Å². The van der Waals surface area contributed by atoms with Crippen molar-refractivity contribution in [3.63, 3.8) is 0 Å². The molecular weight excluding hydrogens is 408 g/mol. The van der Waals surface area contributed by atoms with E-state index >= 15 is 0 Å². The fourth-order valence-electron chi connectivity index (χ4n) is 4.13. The first kappa shape index (κ1) is 20.4. The van der Waals surface area contributed by atoms with Crippen molar-refractivity contribution in [2.24, 2.45) is 0 Å². The van der Waals surface area contributed by atoms with E-state index in [-0.39, 0.29) is 12.6 Å². The molecule has 2 aliphatic rings. The van der Waals surface area contributed by atoms with Crippen molar-refractivity contribution in [2.45, 2.75) is 43.2 Å². The van der Waals surface area contributed by atoms with Crippen molar-refractivity contribution in [3.05, 3.63) is 66.7 Å². The average molecular weight is 435 g/mol. The molecule has 4 nitrogen and oxygen atoms in total. The first-order chi connectivity index (χ1) is 15.3. The molecule has 2 aliphatic heterocycles. The second-order valence-electron chi connectivity index (χ2n) is 7.88. The van der Waals surface area contributed by atoms with Crippen molar-refractivity contribution < 1.29 is 18.9 Å². The molecule has 2 heterocycles. The van der Waals surface area contributed by atoms with Crippen LogP contribution in [0.1, 0.15) is 25.7 Å². The number of hydrogen-bond acceptors (Lipinski definition) is 5. The lowest BCUT2D eigenvalue weighted by atomic mass is 9.94. The van der Waals surface area contributed by atoms with Crippen LogP contribution in [0.4, 0.5) is 0 Å². The Morgan fingerprint density at radius 2 is 1.29 bits per heavy atom. The number of ether oxygens (including phenoxy) is 4. The van der Waals surface area contributed by atoms with Crippen molar-refractivity contribution in [3.8, 4) is 33.8 Å². The van der Waals surface area contributed by atoms with Gasteiger partial charge in [0, 0.05) is 23.3 Å². The molecule has 2 fully saturated rings. The van der Waals surface area contributed by atoms with E-state index in [4.69, 9.17) is 31.6 Å². The van der Waals surface area contributed by atoms with Gasteiger partial charge < -0.3 is 18.9 Å². The summed E-state index contributed by atoms with van der Waals surface area (Å²) in [5, 5.41) is 0. The third-order valence-electron chi connectivity index (χ3n) is 5.62. The summed E-state index contributed by atoms with van der Waals surface area (Å²) in [5.74, 6) is 1.62. The lowest BCUT2D eigenvalue weighted by Gasteiger charge is -2.17. The maximum atomic E-state index is 6.04. The zero-order valence-electron chi connectivity index (χ0n) is 17.3. The van der Waals surface area contributed by atoms with Crippen LogP contribution < -0.4 is 9.47 Å². The first-order valence-corrected chi connectivity index (χ1v) is 11.3. The number of rotatable bonds is 6. The molecule has 31 heavy (non-hydrogen) atoms. The highest BCUT2D eigenvalue weighted by Crippen LogP contribution is 2.39. The average Bonchev–Trinajstić information content (AvgIpc) is 3.48. The van der Waals surface area contributed by atoms with Gasteiger partial charge in [-0.3, -0.25) is 0 Å². The summed E-state index contributed by atoms with van der Waals surface area (Å²) in [7, 11) is 0. The maximum Gasteiger partial charge on any atom is 0.199 e. The van der Waals surface area contributed by atoms with Gasteiger partial charge in [-0.1, -0.05) is 36.4 Å². The van der Waals surface area contributed by atoms with Gasteiger partial charge in [0.05, 0.1) is 13.2 Å². The highest BCUT2D eigenvalue weighted by Gasteiger charge is 2.19. The smallest absolute Gasteiger partial charge is 0.199 e. The van der Waals surface area contributed by atoms with Crippen molar-refractivity contribution in [2.75, 3.05) is 13.2 Å². The topological polar surface area (TPSA) is 36.9 Å². The van der Waals surface area contributed by atoms with Crippen LogP contribution in [-0.4, -0.2) is 25.8 Å². The SMILES string of the molecule is Sc1cccc(-c2cccc(OC3CCCO3)c2)c1-c1cccc(OC2CCCO2)c1. The minimum absolute atomic E-state index is 0.155. The molecule has 0 aliphatic carbocycles. The van der Waals surface area contributed by atoms with Crippen LogP contribution in [0.3, 0.4) is 0 Å². The Morgan fingerprint density at radius 3 is 1.90 bits per heavy atom. The second-order valence-corrected chi connectivity index (χ2v) is 8.36. The highest BCUT2D eigenvalue weighted by atomic mass is 32.1. The molecule has 2 saturated heterocycles. The molecule has 0 aromatic heterocycles. The summed E-state index contributed by atoms with van der Waals surface area (Å²) < 4.78 is 23.3. The van der Waals surface area contributed by atoms with Gasteiger partial charge in [0.2, 0.25) is 0 Å².